The van der Waals surface area contributed by atoms with Crippen LogP contribution in [0.5, 0.6) is 0 Å². The van der Waals surface area contributed by atoms with Crippen molar-refractivity contribution in [1.82, 2.24) is 8.61 Å². The van der Waals surface area contributed by atoms with E-state index < -0.39 is 20.0 Å². The van der Waals surface area contributed by atoms with Gasteiger partial charge in [-0.2, -0.15) is 8.61 Å². The second kappa shape index (κ2) is 13.0. The summed E-state index contributed by atoms with van der Waals surface area (Å²) in [7, 11) is -7.11. The Balaban J connectivity index is 0.000000189. The Morgan fingerprint density at radius 2 is 1.05 bits per heavy atom. The van der Waals surface area contributed by atoms with Crippen molar-refractivity contribution in [3.63, 3.8) is 0 Å². The van der Waals surface area contributed by atoms with Gasteiger partial charge in [-0.15, -0.1) is 0 Å². The molecule has 0 aromatic heterocycles. The van der Waals surface area contributed by atoms with Crippen molar-refractivity contribution < 1.29 is 26.4 Å². The van der Waals surface area contributed by atoms with Crippen LogP contribution in [0, 0.1) is 5.92 Å². The van der Waals surface area contributed by atoms with E-state index in [2.05, 4.69) is 0 Å². The van der Waals surface area contributed by atoms with Crippen molar-refractivity contribution in [1.29, 1.82) is 0 Å². The van der Waals surface area contributed by atoms with Gasteiger partial charge in [0.1, 0.15) is 11.6 Å². The molecule has 2 aromatic rings. The standard InChI is InChI=1S/C15H18ClNO3S.C14H16ClNO3S.CH4/c1-10-14-4-2-3-12(9-15(10)18)17(14)21(19,20)13-7-5-11(16)6-8-13;15-10-4-6-14(7-5-10)20(18,19)16-11-2-1-3-12(16)9-13(17)8-11;/h5-8,10,12,14H,2-4,9H2,1H3;4-7,11-12H,1-3,8-9H2;1H4. The van der Waals surface area contributed by atoms with Gasteiger partial charge in [0.25, 0.3) is 0 Å². The van der Waals surface area contributed by atoms with Gasteiger partial charge in [-0.1, -0.05) is 50.4 Å². The molecule has 5 atom stereocenters. The largest absolute Gasteiger partial charge is 0.300 e. The van der Waals surface area contributed by atoms with Gasteiger partial charge in [0, 0.05) is 59.4 Å². The predicted octanol–water partition coefficient (Wildman–Crippen LogP) is 6.11. The lowest BCUT2D eigenvalue weighted by molar-refractivity contribution is -0.129. The van der Waals surface area contributed by atoms with Crippen molar-refractivity contribution in [3.8, 4) is 0 Å². The molecule has 12 heteroatoms. The molecule has 0 N–H and O–H groups in total. The number of carbonyl (C=O) groups is 2. The third kappa shape index (κ3) is 6.49. The number of hydrogen-bond acceptors (Lipinski definition) is 6. The molecule has 8 nitrogen and oxygen atoms in total. The Labute approximate surface area is 259 Å². The first-order valence-electron chi connectivity index (χ1n) is 14.0. The molecule has 2 aromatic carbocycles. The molecule has 5 unspecified atom stereocenters. The average molecular weight is 658 g/mol. The number of Topliss-reactive ketones (excluding diaryl/α,β-unsaturated/α-hetero) is 2. The highest BCUT2D eigenvalue weighted by Gasteiger charge is 2.48. The normalized spacial score (nSPS) is 28.3. The number of piperidine rings is 4. The van der Waals surface area contributed by atoms with E-state index >= 15 is 0 Å². The minimum Gasteiger partial charge on any atom is -0.300 e. The molecule has 4 aliphatic rings. The average Bonchev–Trinajstić information content (AvgIpc) is 2.92. The first-order valence-corrected chi connectivity index (χ1v) is 17.7. The van der Waals surface area contributed by atoms with Crippen LogP contribution in [-0.4, -0.2) is 61.2 Å². The zero-order valence-corrected chi connectivity index (χ0v) is 25.9. The third-order valence-corrected chi connectivity index (χ3v) is 13.3. The van der Waals surface area contributed by atoms with Crippen LogP contribution >= 0.6 is 23.2 Å². The highest BCUT2D eigenvalue weighted by atomic mass is 35.5. The number of hydrogen-bond donors (Lipinski definition) is 0. The van der Waals surface area contributed by atoms with Crippen molar-refractivity contribution >= 4 is 54.8 Å². The van der Waals surface area contributed by atoms with Crippen LogP contribution in [0.1, 0.15) is 72.1 Å². The van der Waals surface area contributed by atoms with Crippen LogP contribution in [-0.2, 0) is 29.6 Å². The fourth-order valence-corrected chi connectivity index (χ4v) is 10.8. The van der Waals surface area contributed by atoms with E-state index in [-0.39, 0.29) is 58.9 Å². The van der Waals surface area contributed by atoms with Crippen LogP contribution < -0.4 is 0 Å². The molecule has 4 aliphatic heterocycles. The monoisotopic (exact) mass is 656 g/mol. The maximum atomic E-state index is 12.9. The zero-order chi connectivity index (χ0) is 29.5. The zero-order valence-electron chi connectivity index (χ0n) is 22.8. The molecule has 42 heavy (non-hydrogen) atoms. The summed E-state index contributed by atoms with van der Waals surface area (Å²) in [5, 5.41) is 1.02. The number of halogens is 2. The molecule has 0 radical (unpaired) electrons. The summed E-state index contributed by atoms with van der Waals surface area (Å²) in [4.78, 5) is 24.2. The van der Waals surface area contributed by atoms with Gasteiger partial charge in [-0.25, -0.2) is 16.8 Å². The fraction of sp³-hybridized carbons (Fsp3) is 0.533. The molecule has 4 bridgehead atoms. The summed E-state index contributed by atoms with van der Waals surface area (Å²) < 4.78 is 54.6. The van der Waals surface area contributed by atoms with Crippen molar-refractivity contribution in [2.75, 3.05) is 0 Å². The number of benzene rings is 2. The minimum absolute atomic E-state index is 0. The Kier molecular flexibility index (Phi) is 10.3. The number of carbonyl (C=O) groups excluding carboxylic acids is 2. The van der Waals surface area contributed by atoms with Crippen LogP contribution in [0.3, 0.4) is 0 Å². The smallest absolute Gasteiger partial charge is 0.243 e. The molecule has 0 amide bonds. The van der Waals surface area contributed by atoms with Gasteiger partial charge in [0.2, 0.25) is 20.0 Å². The van der Waals surface area contributed by atoms with Crippen molar-refractivity contribution in [2.24, 2.45) is 5.92 Å². The SMILES string of the molecule is C.CC1C(=O)CC2CCCC1N2S(=O)(=O)c1ccc(Cl)cc1.O=C1CC2CCCC(C1)N2S(=O)(=O)c1ccc(Cl)cc1. The van der Waals surface area contributed by atoms with Crippen molar-refractivity contribution in [3.05, 3.63) is 58.6 Å². The third-order valence-electron chi connectivity index (χ3n) is 8.74. The first kappa shape index (κ1) is 33.1. The lowest BCUT2D eigenvalue weighted by Crippen LogP contribution is -2.58. The van der Waals surface area contributed by atoms with Crippen LogP contribution in [0.15, 0.2) is 58.3 Å². The highest BCUT2D eigenvalue weighted by molar-refractivity contribution is 7.89. The number of fused-ring (bicyclic) bond motifs is 4. The van der Waals surface area contributed by atoms with Gasteiger partial charge in [0.05, 0.1) is 9.79 Å². The molecular weight excluding hydrogens is 619 g/mol. The Hall–Kier alpha value is -1.82. The lowest BCUT2D eigenvalue weighted by atomic mass is 9.79. The van der Waals surface area contributed by atoms with E-state index in [1.165, 1.54) is 24.3 Å². The van der Waals surface area contributed by atoms with E-state index in [1.807, 2.05) is 6.92 Å². The van der Waals surface area contributed by atoms with E-state index in [9.17, 15) is 26.4 Å². The topological polar surface area (TPSA) is 109 Å². The Morgan fingerprint density at radius 3 is 1.52 bits per heavy atom. The maximum Gasteiger partial charge on any atom is 0.243 e. The fourth-order valence-electron chi connectivity index (χ4n) is 6.74. The van der Waals surface area contributed by atoms with Gasteiger partial charge in [0.15, 0.2) is 0 Å². The second-order valence-electron chi connectivity index (χ2n) is 11.4. The van der Waals surface area contributed by atoms with E-state index in [4.69, 9.17) is 23.2 Å². The number of sulfonamides is 2. The summed E-state index contributed by atoms with van der Waals surface area (Å²) >= 11 is 11.6. The number of ketones is 2. The van der Waals surface area contributed by atoms with Crippen LogP contribution in [0.25, 0.3) is 0 Å². The molecule has 0 saturated carbocycles. The highest BCUT2D eigenvalue weighted by Crippen LogP contribution is 2.40. The number of nitrogens with zero attached hydrogens (tertiary/aromatic N) is 2. The minimum atomic E-state index is -3.57. The Morgan fingerprint density at radius 1 is 0.643 bits per heavy atom. The predicted molar refractivity (Wildman–Crippen MR) is 164 cm³/mol. The maximum absolute atomic E-state index is 12.9. The van der Waals surface area contributed by atoms with E-state index in [1.54, 1.807) is 32.9 Å². The Bertz CT molecular complexity index is 1500. The van der Waals surface area contributed by atoms with Gasteiger partial charge in [-0.05, 0) is 74.2 Å². The lowest BCUT2D eigenvalue weighted by Gasteiger charge is -2.47. The molecule has 4 saturated heterocycles. The van der Waals surface area contributed by atoms with Gasteiger partial charge in [-0.3, -0.25) is 9.59 Å². The molecule has 230 valence electrons. The van der Waals surface area contributed by atoms with E-state index in [0.29, 0.717) is 29.3 Å². The summed E-state index contributed by atoms with van der Waals surface area (Å²) in [6.07, 6.45) is 6.09. The van der Waals surface area contributed by atoms with E-state index in [0.717, 1.165) is 38.5 Å². The molecular formula is C30H38Cl2N2O6S2. The summed E-state index contributed by atoms with van der Waals surface area (Å²) in [6, 6.07) is 11.7. The molecule has 4 fully saturated rings. The quantitative estimate of drug-likeness (QED) is 0.393. The molecule has 0 aliphatic carbocycles. The summed E-state index contributed by atoms with van der Waals surface area (Å²) in [6.45, 7) is 1.85. The summed E-state index contributed by atoms with van der Waals surface area (Å²) in [5.74, 6) is 0.151. The first-order chi connectivity index (χ1) is 19.4. The summed E-state index contributed by atoms with van der Waals surface area (Å²) in [5.41, 5.74) is 0. The molecule has 0 spiro atoms. The van der Waals surface area contributed by atoms with Crippen molar-refractivity contribution in [2.45, 2.75) is 106 Å². The number of rotatable bonds is 4. The molecule has 4 heterocycles. The van der Waals surface area contributed by atoms with Gasteiger partial charge >= 0.3 is 0 Å². The molecule has 6 rings (SSSR count). The van der Waals surface area contributed by atoms with Crippen LogP contribution in [0.2, 0.25) is 10.0 Å². The van der Waals surface area contributed by atoms with Gasteiger partial charge < -0.3 is 0 Å². The van der Waals surface area contributed by atoms with Crippen LogP contribution in [0.4, 0.5) is 0 Å². The second-order valence-corrected chi connectivity index (χ2v) is 15.9.